The van der Waals surface area contributed by atoms with Gasteiger partial charge in [0.05, 0.1) is 0 Å². The third-order valence-electron chi connectivity index (χ3n) is 3.10. The van der Waals surface area contributed by atoms with Crippen molar-refractivity contribution in [3.8, 4) is 22.3 Å². The fourth-order valence-corrected chi connectivity index (χ4v) is 2.22. The summed E-state index contributed by atoms with van der Waals surface area (Å²) < 4.78 is 0. The van der Waals surface area contributed by atoms with Crippen LogP contribution >= 0.6 is 0 Å². The molecule has 0 unspecified atom stereocenters. The van der Waals surface area contributed by atoms with Gasteiger partial charge in [-0.05, 0) is 22.3 Å². The van der Waals surface area contributed by atoms with Gasteiger partial charge in [0.1, 0.15) is 0 Å². The fraction of sp³-hybridized carbons (Fsp3) is 0. The van der Waals surface area contributed by atoms with Crippen molar-refractivity contribution in [2.45, 2.75) is 0 Å². The van der Waals surface area contributed by atoms with Gasteiger partial charge in [-0.3, -0.25) is 0 Å². The van der Waals surface area contributed by atoms with Crippen molar-refractivity contribution in [2.75, 3.05) is 0 Å². The second-order valence-corrected chi connectivity index (χ2v) is 4.28. The molecule has 0 nitrogen and oxygen atoms in total. The Bertz CT molecular complexity index is 572. The average Bonchev–Trinajstić information content (AvgIpc) is 2.49. The van der Waals surface area contributed by atoms with E-state index in [0.29, 0.717) is 0 Å². The molecule has 0 saturated carbocycles. The Labute approximate surface area is 124 Å². The first-order valence-electron chi connectivity index (χ1n) is 6.15. The Kier molecular flexibility index (Phi) is 4.58. The van der Waals surface area contributed by atoms with Gasteiger partial charge in [-0.1, -0.05) is 84.9 Å². The van der Waals surface area contributed by atoms with Crippen molar-refractivity contribution in [2.24, 2.45) is 0 Å². The van der Waals surface area contributed by atoms with E-state index < -0.39 is 0 Å². The SMILES string of the molecule is [Cr].c1ccc(-c2ccccc2-c2ccccc2)cc1. The first-order valence-corrected chi connectivity index (χ1v) is 6.15. The van der Waals surface area contributed by atoms with Crippen molar-refractivity contribution in [1.82, 2.24) is 0 Å². The van der Waals surface area contributed by atoms with Gasteiger partial charge in [0.15, 0.2) is 0 Å². The van der Waals surface area contributed by atoms with Gasteiger partial charge in [-0.2, -0.15) is 0 Å². The van der Waals surface area contributed by atoms with E-state index in [1.165, 1.54) is 22.3 Å². The summed E-state index contributed by atoms with van der Waals surface area (Å²) in [6.45, 7) is 0. The number of hydrogen-bond acceptors (Lipinski definition) is 0. The molecule has 0 fully saturated rings. The summed E-state index contributed by atoms with van der Waals surface area (Å²) in [7, 11) is 0. The Balaban J connectivity index is 0.00000133. The molecule has 0 spiro atoms. The molecule has 0 bridgehead atoms. The summed E-state index contributed by atoms with van der Waals surface area (Å²) in [6, 6.07) is 29.6. The first kappa shape index (κ1) is 13.6. The van der Waals surface area contributed by atoms with Gasteiger partial charge < -0.3 is 0 Å². The Hall–Kier alpha value is -1.81. The second kappa shape index (κ2) is 6.39. The maximum atomic E-state index is 2.18. The van der Waals surface area contributed by atoms with E-state index >= 15 is 0 Å². The second-order valence-electron chi connectivity index (χ2n) is 4.28. The molecule has 0 radical (unpaired) electrons. The Morgan fingerprint density at radius 2 is 0.684 bits per heavy atom. The van der Waals surface area contributed by atoms with E-state index in [4.69, 9.17) is 0 Å². The zero-order valence-electron chi connectivity index (χ0n) is 10.5. The molecule has 0 N–H and O–H groups in total. The molecule has 0 heterocycles. The van der Waals surface area contributed by atoms with E-state index in [1.54, 1.807) is 0 Å². The molecule has 3 aromatic rings. The quantitative estimate of drug-likeness (QED) is 0.619. The Morgan fingerprint density at radius 3 is 1.05 bits per heavy atom. The van der Waals surface area contributed by atoms with E-state index in [-0.39, 0.29) is 17.4 Å². The van der Waals surface area contributed by atoms with Crippen LogP contribution in [0.5, 0.6) is 0 Å². The summed E-state index contributed by atoms with van der Waals surface area (Å²) >= 11 is 0. The van der Waals surface area contributed by atoms with Gasteiger partial charge in [0.2, 0.25) is 0 Å². The number of rotatable bonds is 2. The van der Waals surface area contributed by atoms with Gasteiger partial charge in [-0.15, -0.1) is 0 Å². The van der Waals surface area contributed by atoms with Crippen LogP contribution in [0.3, 0.4) is 0 Å². The van der Waals surface area contributed by atoms with Crippen LogP contribution in [-0.4, -0.2) is 0 Å². The van der Waals surface area contributed by atoms with E-state index in [9.17, 15) is 0 Å². The molecular formula is C18H14Cr. The first-order chi connectivity index (χ1) is 8.95. The summed E-state index contributed by atoms with van der Waals surface area (Å²) in [5.41, 5.74) is 5.09. The predicted octanol–water partition coefficient (Wildman–Crippen LogP) is 5.02. The molecule has 0 aliphatic carbocycles. The van der Waals surface area contributed by atoms with Crippen molar-refractivity contribution in [3.05, 3.63) is 84.9 Å². The number of benzene rings is 3. The molecule has 0 aromatic heterocycles. The van der Waals surface area contributed by atoms with Crippen LogP contribution in [0.1, 0.15) is 0 Å². The van der Waals surface area contributed by atoms with Crippen LogP contribution in [0.15, 0.2) is 84.9 Å². The van der Waals surface area contributed by atoms with Gasteiger partial charge in [-0.25, -0.2) is 0 Å². The summed E-state index contributed by atoms with van der Waals surface area (Å²) in [6.07, 6.45) is 0. The zero-order chi connectivity index (χ0) is 12.2. The van der Waals surface area contributed by atoms with Crippen LogP contribution < -0.4 is 0 Å². The summed E-state index contributed by atoms with van der Waals surface area (Å²) in [5, 5.41) is 0. The monoisotopic (exact) mass is 282 g/mol. The molecule has 3 aromatic carbocycles. The molecule has 0 atom stereocenters. The molecule has 3 rings (SSSR count). The average molecular weight is 282 g/mol. The van der Waals surface area contributed by atoms with E-state index in [1.807, 2.05) is 0 Å². The van der Waals surface area contributed by atoms with Crippen molar-refractivity contribution in [3.63, 3.8) is 0 Å². The third-order valence-corrected chi connectivity index (χ3v) is 3.10. The smallest absolute Gasteiger partial charge is 0 e. The molecule has 92 valence electrons. The third kappa shape index (κ3) is 2.96. The zero-order valence-corrected chi connectivity index (χ0v) is 11.8. The minimum Gasteiger partial charge on any atom is -0.0622 e. The van der Waals surface area contributed by atoms with Crippen LogP contribution in [-0.2, 0) is 17.4 Å². The largest absolute Gasteiger partial charge is 0.0622 e. The van der Waals surface area contributed by atoms with E-state index in [2.05, 4.69) is 84.9 Å². The number of hydrogen-bond donors (Lipinski definition) is 0. The van der Waals surface area contributed by atoms with Gasteiger partial charge in [0.25, 0.3) is 0 Å². The molecule has 0 aliphatic rings. The minimum atomic E-state index is 0. The topological polar surface area (TPSA) is 0 Å². The van der Waals surface area contributed by atoms with E-state index in [0.717, 1.165) is 0 Å². The van der Waals surface area contributed by atoms with Crippen LogP contribution in [0.4, 0.5) is 0 Å². The van der Waals surface area contributed by atoms with Gasteiger partial charge in [0, 0.05) is 17.4 Å². The minimum absolute atomic E-state index is 0. The van der Waals surface area contributed by atoms with Crippen LogP contribution in [0.25, 0.3) is 22.3 Å². The maximum Gasteiger partial charge on any atom is 0 e. The van der Waals surface area contributed by atoms with Crippen LogP contribution in [0, 0.1) is 0 Å². The van der Waals surface area contributed by atoms with Crippen molar-refractivity contribution < 1.29 is 17.4 Å². The molecular weight excluding hydrogens is 268 g/mol. The molecule has 1 heteroatoms. The molecule has 0 saturated heterocycles. The summed E-state index contributed by atoms with van der Waals surface area (Å²) in [5.74, 6) is 0. The molecule has 0 amide bonds. The normalized spacial score (nSPS) is 9.68. The van der Waals surface area contributed by atoms with Crippen molar-refractivity contribution >= 4 is 0 Å². The fourth-order valence-electron chi connectivity index (χ4n) is 2.22. The van der Waals surface area contributed by atoms with Gasteiger partial charge >= 0.3 is 0 Å². The molecule has 19 heavy (non-hydrogen) atoms. The predicted molar refractivity (Wildman–Crippen MR) is 77.3 cm³/mol. The van der Waals surface area contributed by atoms with Crippen LogP contribution in [0.2, 0.25) is 0 Å². The summed E-state index contributed by atoms with van der Waals surface area (Å²) in [4.78, 5) is 0. The molecule has 0 aliphatic heterocycles. The van der Waals surface area contributed by atoms with Crippen molar-refractivity contribution in [1.29, 1.82) is 0 Å². The Morgan fingerprint density at radius 1 is 0.368 bits per heavy atom. The maximum absolute atomic E-state index is 2.18. The standard InChI is InChI=1S/C18H14.Cr/c1-3-9-15(10-4-1)17-13-7-8-14-18(17)16-11-5-2-6-12-16;/h1-14H;.